The largest absolute Gasteiger partial charge is 0.352 e. The lowest BCUT2D eigenvalue weighted by atomic mass is 10.1. The van der Waals surface area contributed by atoms with Gasteiger partial charge in [-0.2, -0.15) is 0 Å². The van der Waals surface area contributed by atoms with E-state index in [1.54, 1.807) is 12.1 Å². The van der Waals surface area contributed by atoms with Crippen LogP contribution in [0.25, 0.3) is 0 Å². The molecule has 0 unspecified atom stereocenters. The van der Waals surface area contributed by atoms with Crippen LogP contribution in [0.15, 0.2) is 23.1 Å². The van der Waals surface area contributed by atoms with Crippen molar-refractivity contribution in [1.29, 1.82) is 0 Å². The average molecular weight is 295 g/mol. The van der Waals surface area contributed by atoms with Crippen molar-refractivity contribution in [3.63, 3.8) is 0 Å². The van der Waals surface area contributed by atoms with Crippen molar-refractivity contribution in [2.24, 2.45) is 5.92 Å². The highest BCUT2D eigenvalue weighted by molar-refractivity contribution is 7.91. The molecule has 1 aromatic carbocycles. The number of hydrogen-bond donors (Lipinski definition) is 1. The van der Waals surface area contributed by atoms with Crippen molar-refractivity contribution < 1.29 is 13.2 Å². The monoisotopic (exact) mass is 295 g/mol. The van der Waals surface area contributed by atoms with Crippen LogP contribution in [-0.4, -0.2) is 20.1 Å². The van der Waals surface area contributed by atoms with E-state index in [1.807, 2.05) is 19.9 Å². The standard InChI is InChI=1S/C15H21NO3S/c1-11(2)8-15(17)16-10-12-5-6-14-13(9-12)4-3-7-20(14,18)19/h5-6,9,11H,3-4,7-8,10H2,1-2H3,(H,16,17). The maximum atomic E-state index is 11.9. The Morgan fingerprint density at radius 2 is 2.10 bits per heavy atom. The SMILES string of the molecule is CC(C)CC(=O)NCc1ccc2c(c1)CCCS2(=O)=O. The fourth-order valence-corrected chi connectivity index (χ4v) is 4.03. The van der Waals surface area contributed by atoms with E-state index in [9.17, 15) is 13.2 Å². The summed E-state index contributed by atoms with van der Waals surface area (Å²) in [6, 6.07) is 5.37. The minimum Gasteiger partial charge on any atom is -0.352 e. The number of hydrogen-bond acceptors (Lipinski definition) is 3. The molecular weight excluding hydrogens is 274 g/mol. The van der Waals surface area contributed by atoms with Crippen LogP contribution in [0, 0.1) is 5.92 Å². The quantitative estimate of drug-likeness (QED) is 0.925. The topological polar surface area (TPSA) is 63.2 Å². The molecule has 0 aliphatic carbocycles. The van der Waals surface area contributed by atoms with Gasteiger partial charge in [-0.1, -0.05) is 26.0 Å². The predicted octanol–water partition coefficient (Wildman–Crippen LogP) is 2.07. The highest BCUT2D eigenvalue weighted by Gasteiger charge is 2.23. The van der Waals surface area contributed by atoms with Crippen molar-refractivity contribution in [1.82, 2.24) is 5.32 Å². The fourth-order valence-electron chi connectivity index (χ4n) is 2.45. The lowest BCUT2D eigenvalue weighted by Gasteiger charge is -2.17. The van der Waals surface area contributed by atoms with Crippen molar-refractivity contribution >= 4 is 15.7 Å². The molecule has 0 atom stereocenters. The van der Waals surface area contributed by atoms with Crippen LogP contribution in [0.3, 0.4) is 0 Å². The summed E-state index contributed by atoms with van der Waals surface area (Å²) in [5, 5.41) is 2.87. The van der Waals surface area contributed by atoms with Gasteiger partial charge in [0.25, 0.3) is 0 Å². The van der Waals surface area contributed by atoms with Crippen molar-refractivity contribution in [3.05, 3.63) is 29.3 Å². The first kappa shape index (κ1) is 15.0. The first-order chi connectivity index (χ1) is 9.38. The van der Waals surface area contributed by atoms with Crippen molar-refractivity contribution in [2.45, 2.75) is 44.6 Å². The van der Waals surface area contributed by atoms with E-state index in [0.717, 1.165) is 17.5 Å². The molecule has 1 heterocycles. The van der Waals surface area contributed by atoms with Gasteiger partial charge in [-0.3, -0.25) is 4.79 Å². The molecule has 1 aromatic rings. The van der Waals surface area contributed by atoms with Gasteiger partial charge < -0.3 is 5.32 Å². The Morgan fingerprint density at radius 1 is 1.35 bits per heavy atom. The van der Waals surface area contributed by atoms with E-state index in [2.05, 4.69) is 5.32 Å². The van der Waals surface area contributed by atoms with Crippen LogP contribution in [0.5, 0.6) is 0 Å². The minimum absolute atomic E-state index is 0.0327. The van der Waals surface area contributed by atoms with Gasteiger partial charge >= 0.3 is 0 Å². The Labute approximate surface area is 120 Å². The average Bonchev–Trinajstić information content (AvgIpc) is 2.35. The number of carbonyl (C=O) groups excluding carboxylic acids is 1. The van der Waals surface area contributed by atoms with Crippen LogP contribution in [0.2, 0.25) is 0 Å². The minimum atomic E-state index is -3.09. The molecule has 110 valence electrons. The van der Waals surface area contributed by atoms with E-state index >= 15 is 0 Å². The van der Waals surface area contributed by atoms with E-state index in [0.29, 0.717) is 30.2 Å². The molecule has 1 amide bonds. The van der Waals surface area contributed by atoms with Gasteiger partial charge in [-0.05, 0) is 36.0 Å². The lowest BCUT2D eigenvalue weighted by Crippen LogP contribution is -2.24. The van der Waals surface area contributed by atoms with Gasteiger partial charge in [-0.15, -0.1) is 0 Å². The van der Waals surface area contributed by atoms with Gasteiger partial charge in [0.05, 0.1) is 10.6 Å². The third kappa shape index (κ3) is 3.60. The second kappa shape index (κ2) is 5.95. The molecule has 5 heteroatoms. The Balaban J connectivity index is 2.07. The Hall–Kier alpha value is -1.36. The van der Waals surface area contributed by atoms with Gasteiger partial charge in [-0.25, -0.2) is 8.42 Å². The molecule has 20 heavy (non-hydrogen) atoms. The van der Waals surface area contributed by atoms with Gasteiger partial charge in [0, 0.05) is 13.0 Å². The lowest BCUT2D eigenvalue weighted by molar-refractivity contribution is -0.121. The molecule has 1 aliphatic rings. The van der Waals surface area contributed by atoms with Crippen LogP contribution < -0.4 is 5.32 Å². The summed E-state index contributed by atoms with van der Waals surface area (Å²) in [4.78, 5) is 12.1. The zero-order valence-corrected chi connectivity index (χ0v) is 12.8. The summed E-state index contributed by atoms with van der Waals surface area (Å²) < 4.78 is 23.8. The summed E-state index contributed by atoms with van der Waals surface area (Å²) in [7, 11) is -3.09. The molecule has 1 N–H and O–H groups in total. The summed E-state index contributed by atoms with van der Waals surface area (Å²) in [5.41, 5.74) is 1.84. The van der Waals surface area contributed by atoms with Crippen molar-refractivity contribution in [3.8, 4) is 0 Å². The number of rotatable bonds is 4. The first-order valence-corrected chi connectivity index (χ1v) is 8.65. The molecule has 2 rings (SSSR count). The van der Waals surface area contributed by atoms with Crippen LogP contribution in [-0.2, 0) is 27.6 Å². The number of fused-ring (bicyclic) bond motifs is 1. The third-order valence-corrected chi connectivity index (χ3v) is 5.30. The maximum Gasteiger partial charge on any atom is 0.220 e. The third-order valence-electron chi connectivity index (χ3n) is 3.40. The van der Waals surface area contributed by atoms with Crippen LogP contribution >= 0.6 is 0 Å². The molecule has 0 aromatic heterocycles. The molecule has 0 saturated heterocycles. The van der Waals surface area contributed by atoms with E-state index in [4.69, 9.17) is 0 Å². The highest BCUT2D eigenvalue weighted by atomic mass is 32.2. The Bertz CT molecular complexity index is 606. The predicted molar refractivity (Wildman–Crippen MR) is 78.1 cm³/mol. The molecule has 0 saturated carbocycles. The Kier molecular flexibility index (Phi) is 4.48. The summed E-state index contributed by atoms with van der Waals surface area (Å²) in [6.07, 6.45) is 1.99. The van der Waals surface area contributed by atoms with Gasteiger partial charge in [0.1, 0.15) is 0 Å². The van der Waals surface area contributed by atoms with E-state index < -0.39 is 9.84 Å². The smallest absolute Gasteiger partial charge is 0.220 e. The molecule has 0 radical (unpaired) electrons. The number of aryl methyl sites for hydroxylation is 1. The molecule has 0 bridgehead atoms. The van der Waals surface area contributed by atoms with E-state index in [1.165, 1.54) is 0 Å². The van der Waals surface area contributed by atoms with Crippen LogP contribution in [0.4, 0.5) is 0 Å². The molecule has 4 nitrogen and oxygen atoms in total. The number of carbonyl (C=O) groups is 1. The van der Waals surface area contributed by atoms with Gasteiger partial charge in [0.2, 0.25) is 5.91 Å². The Morgan fingerprint density at radius 3 is 2.80 bits per heavy atom. The molecule has 0 spiro atoms. The summed E-state index contributed by atoms with van der Waals surface area (Å²) in [5.74, 6) is 0.610. The summed E-state index contributed by atoms with van der Waals surface area (Å²) >= 11 is 0. The number of amides is 1. The molecular formula is C15H21NO3S. The zero-order chi connectivity index (χ0) is 14.8. The second-order valence-electron chi connectivity index (χ2n) is 5.74. The highest BCUT2D eigenvalue weighted by Crippen LogP contribution is 2.25. The van der Waals surface area contributed by atoms with Crippen molar-refractivity contribution in [2.75, 3.05) is 5.75 Å². The number of nitrogens with one attached hydrogen (secondary N) is 1. The number of benzene rings is 1. The second-order valence-corrected chi connectivity index (χ2v) is 7.82. The zero-order valence-electron chi connectivity index (χ0n) is 12.0. The number of sulfone groups is 1. The normalized spacial score (nSPS) is 16.8. The van der Waals surface area contributed by atoms with Crippen LogP contribution in [0.1, 0.15) is 37.8 Å². The van der Waals surface area contributed by atoms with E-state index in [-0.39, 0.29) is 11.7 Å². The maximum absolute atomic E-state index is 11.9. The fraction of sp³-hybridized carbons (Fsp3) is 0.533. The molecule has 1 aliphatic heterocycles. The van der Waals surface area contributed by atoms with Gasteiger partial charge in [0.15, 0.2) is 9.84 Å². The summed E-state index contributed by atoms with van der Waals surface area (Å²) in [6.45, 7) is 4.46. The molecule has 0 fully saturated rings. The first-order valence-electron chi connectivity index (χ1n) is 7.00.